The minimum atomic E-state index is -4.75. The van der Waals surface area contributed by atoms with Crippen molar-refractivity contribution >= 4 is 28.6 Å². The molecule has 0 saturated heterocycles. The summed E-state index contributed by atoms with van der Waals surface area (Å²) in [6.45, 7) is -0.463. The normalized spacial score (nSPS) is 11.7. The molecule has 0 atom stereocenters. The molecule has 3 rings (SSSR count). The van der Waals surface area contributed by atoms with Crippen LogP contribution in [0.15, 0.2) is 30.3 Å². The number of aromatic nitrogens is 3. The van der Waals surface area contributed by atoms with Gasteiger partial charge in [-0.05, 0) is 24.3 Å². The Labute approximate surface area is 147 Å². The number of nitrogens with zero attached hydrogens (tertiary/aromatic N) is 3. The highest BCUT2D eigenvalue weighted by Crippen LogP contribution is 2.38. The Hall–Kier alpha value is -2.88. The molecule has 3 aromatic rings. The number of benzene rings is 2. The molecule has 1 heterocycles. The van der Waals surface area contributed by atoms with Gasteiger partial charge < -0.3 is 9.84 Å². The number of aliphatic carboxylic acids is 1. The summed E-state index contributed by atoms with van der Waals surface area (Å²) in [6.07, 6.45) is -4.75. The number of rotatable bonds is 4. The lowest BCUT2D eigenvalue weighted by atomic mass is 10.2. The van der Waals surface area contributed by atoms with E-state index in [-0.39, 0.29) is 17.3 Å². The third kappa shape index (κ3) is 3.54. The van der Waals surface area contributed by atoms with E-state index in [0.29, 0.717) is 11.6 Å². The Bertz CT molecular complexity index is 980. The van der Waals surface area contributed by atoms with Crippen molar-refractivity contribution in [3.63, 3.8) is 0 Å². The van der Waals surface area contributed by atoms with Gasteiger partial charge in [-0.2, -0.15) is 13.2 Å². The second kappa shape index (κ2) is 6.45. The van der Waals surface area contributed by atoms with Gasteiger partial charge in [-0.25, -0.2) is 9.07 Å². The molecule has 2 aromatic carbocycles. The van der Waals surface area contributed by atoms with Crippen molar-refractivity contribution in [2.24, 2.45) is 0 Å². The van der Waals surface area contributed by atoms with Crippen LogP contribution in [0.25, 0.3) is 11.0 Å². The van der Waals surface area contributed by atoms with E-state index in [1.165, 1.54) is 18.2 Å². The first kappa shape index (κ1) is 17.9. The number of alkyl halides is 3. The summed E-state index contributed by atoms with van der Waals surface area (Å²) < 4.78 is 58.3. The van der Waals surface area contributed by atoms with Gasteiger partial charge in [0.2, 0.25) is 0 Å². The summed E-state index contributed by atoms with van der Waals surface area (Å²) in [4.78, 5) is 10.8. The average molecular weight is 390 g/mol. The van der Waals surface area contributed by atoms with Crippen molar-refractivity contribution in [3.05, 3.63) is 46.7 Å². The zero-order valence-corrected chi connectivity index (χ0v) is 13.3. The quantitative estimate of drug-likeness (QED) is 0.679. The zero-order valence-electron chi connectivity index (χ0n) is 12.6. The van der Waals surface area contributed by atoms with Crippen LogP contribution in [0, 0.1) is 5.82 Å². The third-order valence-electron chi connectivity index (χ3n) is 3.32. The van der Waals surface area contributed by atoms with Crippen molar-refractivity contribution in [2.45, 2.75) is 12.7 Å². The molecule has 0 bridgehead atoms. The highest BCUT2D eigenvalue weighted by Gasteiger charge is 2.32. The lowest BCUT2D eigenvalue weighted by molar-refractivity contribution is -0.138. The maximum absolute atomic E-state index is 14.0. The molecule has 1 N–H and O–H groups in total. The van der Waals surface area contributed by atoms with E-state index < -0.39 is 40.8 Å². The molecule has 0 amide bonds. The molecule has 0 fully saturated rings. The van der Waals surface area contributed by atoms with E-state index in [0.717, 1.165) is 4.68 Å². The molecule has 0 unspecified atom stereocenters. The predicted molar refractivity (Wildman–Crippen MR) is 81.6 cm³/mol. The number of carbonyl (C=O) groups is 1. The molecule has 0 spiro atoms. The summed E-state index contributed by atoms with van der Waals surface area (Å²) >= 11 is 5.72. The highest BCUT2D eigenvalue weighted by atomic mass is 35.5. The van der Waals surface area contributed by atoms with Gasteiger partial charge in [-0.1, -0.05) is 16.8 Å². The Morgan fingerprint density at radius 2 is 2.00 bits per heavy atom. The smallest absolute Gasteiger partial charge is 0.416 e. The van der Waals surface area contributed by atoms with Gasteiger partial charge in [0.25, 0.3) is 0 Å². The predicted octanol–water partition coefficient (Wildman–Crippen LogP) is 4.12. The SMILES string of the molecule is O=C(O)Cn1nnc2ccc(Oc3c(F)cc(C(F)(F)F)cc3Cl)cc21. The Balaban J connectivity index is 1.97. The standard InChI is InChI=1S/C15H8ClF4N3O3/c16-9-3-7(15(18,19)20)4-10(17)14(9)26-8-1-2-11-12(5-8)23(22-21-11)6-13(24)25/h1-5H,6H2,(H,24,25). The fraction of sp³-hybridized carbons (Fsp3) is 0.133. The maximum atomic E-state index is 14.0. The third-order valence-corrected chi connectivity index (χ3v) is 3.60. The minimum Gasteiger partial charge on any atom is -0.480 e. The second-order valence-electron chi connectivity index (χ2n) is 5.16. The van der Waals surface area contributed by atoms with Gasteiger partial charge in [-0.3, -0.25) is 4.79 Å². The summed E-state index contributed by atoms with van der Waals surface area (Å²) in [7, 11) is 0. The first-order valence-corrected chi connectivity index (χ1v) is 7.32. The van der Waals surface area contributed by atoms with E-state index in [1.807, 2.05) is 0 Å². The van der Waals surface area contributed by atoms with Crippen LogP contribution in [0.3, 0.4) is 0 Å². The van der Waals surface area contributed by atoms with Crippen molar-refractivity contribution in [2.75, 3.05) is 0 Å². The van der Waals surface area contributed by atoms with Crippen molar-refractivity contribution in [1.82, 2.24) is 15.0 Å². The van der Waals surface area contributed by atoms with Gasteiger partial charge in [0, 0.05) is 6.07 Å². The van der Waals surface area contributed by atoms with Gasteiger partial charge in [0.05, 0.1) is 16.1 Å². The minimum absolute atomic E-state index is 0.0204. The zero-order chi connectivity index (χ0) is 19.1. The van der Waals surface area contributed by atoms with E-state index in [2.05, 4.69) is 10.3 Å². The molecule has 6 nitrogen and oxygen atoms in total. The largest absolute Gasteiger partial charge is 0.480 e. The Morgan fingerprint density at radius 3 is 2.62 bits per heavy atom. The molecule has 1 aromatic heterocycles. The molecule has 0 radical (unpaired) electrons. The van der Waals surface area contributed by atoms with Crippen LogP contribution in [0.5, 0.6) is 11.5 Å². The Kier molecular flexibility index (Phi) is 4.45. The van der Waals surface area contributed by atoms with Crippen molar-refractivity contribution in [3.8, 4) is 11.5 Å². The summed E-state index contributed by atoms with van der Waals surface area (Å²) in [6, 6.07) is 4.96. The number of hydrogen-bond donors (Lipinski definition) is 1. The van der Waals surface area contributed by atoms with E-state index in [4.69, 9.17) is 21.4 Å². The number of ether oxygens (including phenoxy) is 1. The number of fused-ring (bicyclic) bond motifs is 1. The number of carboxylic acids is 1. The number of hydrogen-bond acceptors (Lipinski definition) is 4. The second-order valence-corrected chi connectivity index (χ2v) is 5.57. The Morgan fingerprint density at radius 1 is 1.27 bits per heavy atom. The molecule has 0 aliphatic rings. The molecular weight excluding hydrogens is 382 g/mol. The van der Waals surface area contributed by atoms with Crippen LogP contribution in [0.4, 0.5) is 17.6 Å². The number of carboxylic acid groups (broad SMARTS) is 1. The van der Waals surface area contributed by atoms with Gasteiger partial charge in [0.15, 0.2) is 11.6 Å². The summed E-state index contributed by atoms with van der Waals surface area (Å²) in [5.74, 6) is -3.01. The maximum Gasteiger partial charge on any atom is 0.416 e. The summed E-state index contributed by atoms with van der Waals surface area (Å²) in [5.41, 5.74) is -0.600. The van der Waals surface area contributed by atoms with Crippen LogP contribution in [-0.2, 0) is 17.5 Å². The molecule has 26 heavy (non-hydrogen) atoms. The van der Waals surface area contributed by atoms with Crippen LogP contribution >= 0.6 is 11.6 Å². The monoisotopic (exact) mass is 389 g/mol. The van der Waals surface area contributed by atoms with E-state index in [1.54, 1.807) is 0 Å². The molecule has 11 heteroatoms. The van der Waals surface area contributed by atoms with Gasteiger partial charge >= 0.3 is 12.1 Å². The van der Waals surface area contributed by atoms with Crippen LogP contribution in [-0.4, -0.2) is 26.1 Å². The fourth-order valence-electron chi connectivity index (χ4n) is 2.19. The number of halogens is 5. The summed E-state index contributed by atoms with van der Waals surface area (Å²) in [5, 5.41) is 15.7. The van der Waals surface area contributed by atoms with E-state index >= 15 is 0 Å². The van der Waals surface area contributed by atoms with Crippen LogP contribution in [0.2, 0.25) is 5.02 Å². The topological polar surface area (TPSA) is 77.2 Å². The lowest BCUT2D eigenvalue weighted by Gasteiger charge is -2.12. The lowest BCUT2D eigenvalue weighted by Crippen LogP contribution is -2.10. The molecule has 136 valence electrons. The van der Waals surface area contributed by atoms with Gasteiger partial charge in [-0.15, -0.1) is 5.10 Å². The average Bonchev–Trinajstić information content (AvgIpc) is 2.91. The van der Waals surface area contributed by atoms with Crippen LogP contribution < -0.4 is 4.74 Å². The first-order chi connectivity index (χ1) is 12.1. The fourth-order valence-corrected chi connectivity index (χ4v) is 2.44. The molecule has 0 aliphatic carbocycles. The first-order valence-electron chi connectivity index (χ1n) is 6.94. The molecule has 0 aliphatic heterocycles. The van der Waals surface area contributed by atoms with Crippen molar-refractivity contribution < 1.29 is 32.2 Å². The van der Waals surface area contributed by atoms with Crippen LogP contribution in [0.1, 0.15) is 5.56 Å². The van der Waals surface area contributed by atoms with Crippen molar-refractivity contribution in [1.29, 1.82) is 0 Å². The highest BCUT2D eigenvalue weighted by molar-refractivity contribution is 6.32. The molecular formula is C15H8ClF4N3O3. The molecule has 0 saturated carbocycles. The van der Waals surface area contributed by atoms with Gasteiger partial charge in [0.1, 0.15) is 17.8 Å². The van der Waals surface area contributed by atoms with E-state index in [9.17, 15) is 22.4 Å².